The number of alkyl halides is 2. The first-order valence-electron chi connectivity index (χ1n) is 17.1. The molecule has 0 radical (unpaired) electrons. The van der Waals surface area contributed by atoms with Gasteiger partial charge in [-0.05, 0) is 86.6 Å². The summed E-state index contributed by atoms with van der Waals surface area (Å²) < 4.78 is 51.0. The molecule has 0 fully saturated rings. The summed E-state index contributed by atoms with van der Waals surface area (Å²) in [5.74, 6) is 2.46. The Balaban J connectivity index is 0.000000222. The van der Waals surface area contributed by atoms with Gasteiger partial charge in [0.05, 0.1) is 35.0 Å². The molecule has 2 heterocycles. The summed E-state index contributed by atoms with van der Waals surface area (Å²) in [6.45, 7) is 13.5. The third-order valence-corrected chi connectivity index (χ3v) is 8.98. The van der Waals surface area contributed by atoms with Gasteiger partial charge in [-0.15, -0.1) is 20.1 Å². The van der Waals surface area contributed by atoms with Crippen LogP contribution in [-0.4, -0.2) is 50.9 Å². The summed E-state index contributed by atoms with van der Waals surface area (Å²) in [4.78, 5) is 28.8. The van der Waals surface area contributed by atoms with Gasteiger partial charge in [-0.3, -0.25) is 9.59 Å². The lowest BCUT2D eigenvalue weighted by Gasteiger charge is -2.15. The lowest BCUT2D eigenvalue weighted by molar-refractivity contribution is -0.286. The van der Waals surface area contributed by atoms with Crippen LogP contribution in [0.1, 0.15) is 91.1 Å². The molecule has 278 valence electrons. The van der Waals surface area contributed by atoms with Gasteiger partial charge in [0.15, 0.2) is 17.3 Å². The molecule has 1 N–H and O–H groups in total. The summed E-state index contributed by atoms with van der Waals surface area (Å²) in [6.07, 6.45) is 1.68. The highest BCUT2D eigenvalue weighted by molar-refractivity contribution is 7.19. The van der Waals surface area contributed by atoms with Crippen molar-refractivity contribution >= 4 is 38.9 Å². The molecule has 4 aromatic rings. The number of hydrogen-bond acceptors (Lipinski definition) is 9. The van der Waals surface area contributed by atoms with Crippen molar-refractivity contribution < 1.29 is 42.1 Å². The number of nitrogens with one attached hydrogen (secondary N) is 1. The molecule has 51 heavy (non-hydrogen) atoms. The molecule has 1 amide bonds. The molecular weight excluding hydrogens is 678 g/mol. The van der Waals surface area contributed by atoms with Gasteiger partial charge in [-0.2, -0.15) is 0 Å². The average Bonchev–Trinajstić information content (AvgIpc) is 3.61. The number of fused-ring (bicyclic) bond motifs is 2. The number of hydrogen-bond donors (Lipinski definition) is 1. The lowest BCUT2D eigenvalue weighted by atomic mass is 9.94. The number of benzene rings is 3. The van der Waals surface area contributed by atoms with Crippen LogP contribution in [0.4, 0.5) is 14.5 Å². The second kappa shape index (κ2) is 19.4. The van der Waals surface area contributed by atoms with Crippen LogP contribution in [0.3, 0.4) is 0 Å². The third kappa shape index (κ3) is 11.9. The van der Waals surface area contributed by atoms with Crippen molar-refractivity contribution in [1.82, 2.24) is 4.98 Å². The van der Waals surface area contributed by atoms with E-state index in [0.29, 0.717) is 34.7 Å². The first-order valence-corrected chi connectivity index (χ1v) is 17.9. The molecule has 0 spiro atoms. The van der Waals surface area contributed by atoms with Crippen LogP contribution in [0.15, 0.2) is 48.5 Å². The highest BCUT2D eigenvalue weighted by Crippen LogP contribution is 2.42. The number of aryl methyl sites for hydroxylation is 2. The summed E-state index contributed by atoms with van der Waals surface area (Å²) in [7, 11) is 4.91. The van der Waals surface area contributed by atoms with Gasteiger partial charge < -0.3 is 29.0 Å². The van der Waals surface area contributed by atoms with E-state index in [1.807, 2.05) is 26.0 Å². The number of ether oxygens (including phenoxy) is 5. The van der Waals surface area contributed by atoms with E-state index in [0.717, 1.165) is 45.7 Å². The number of thiazole rings is 1. The van der Waals surface area contributed by atoms with Crippen LogP contribution < -0.4 is 24.3 Å². The number of halogens is 2. The maximum Gasteiger partial charge on any atom is 0.586 e. The standard InChI is InChI=1S/C16H13F2NO4.C13H15NO2S.C10H22O/c1-9-7-11(21-2)4-5-12(9)15(20)19-10-3-6-13-14(8-10)23-16(17,18)22-13;1-4-5-10(15)12-11(16-3)7-6-9-13(12)17-8(2)14-9;1-5-6-9(2)7-10(3)8-11-4/h3-8H,1-2H3,(H,19,20);6-7H,4-5H2,1-3H3;9-10H,5-8H2,1-4H3. The first-order chi connectivity index (χ1) is 24.2. The molecule has 1 aliphatic rings. The number of Topliss-reactive ketones (excluding diaryl/α,β-unsaturated/α-hetero) is 1. The number of nitrogens with zero attached hydrogens (tertiary/aromatic N) is 1. The Labute approximate surface area is 303 Å². The van der Waals surface area contributed by atoms with Gasteiger partial charge in [-0.25, -0.2) is 4.98 Å². The molecule has 0 aliphatic carbocycles. The summed E-state index contributed by atoms with van der Waals surface area (Å²) in [5, 5.41) is 3.60. The number of amides is 1. The first kappa shape index (κ1) is 41.1. The van der Waals surface area contributed by atoms with E-state index in [1.165, 1.54) is 44.6 Å². The molecule has 9 nitrogen and oxygen atoms in total. The normalized spacial score (nSPS) is 13.6. The van der Waals surface area contributed by atoms with E-state index in [2.05, 4.69) is 40.5 Å². The minimum Gasteiger partial charge on any atom is -0.497 e. The van der Waals surface area contributed by atoms with Crippen LogP contribution in [0, 0.1) is 25.7 Å². The molecule has 0 saturated heterocycles. The zero-order valence-corrected chi connectivity index (χ0v) is 31.8. The highest BCUT2D eigenvalue weighted by Gasteiger charge is 2.43. The average molecular weight is 729 g/mol. The Morgan fingerprint density at radius 1 is 0.922 bits per heavy atom. The molecule has 0 saturated carbocycles. The van der Waals surface area contributed by atoms with Gasteiger partial charge in [-0.1, -0.05) is 40.5 Å². The van der Waals surface area contributed by atoms with Gasteiger partial charge >= 0.3 is 6.29 Å². The van der Waals surface area contributed by atoms with Crippen molar-refractivity contribution in [2.45, 2.75) is 79.9 Å². The summed E-state index contributed by atoms with van der Waals surface area (Å²) in [6, 6.07) is 12.8. The SMILES string of the molecule is CCCC(=O)c1c(OC)ccc2nc(C)sc12.CCCC(C)CC(C)COC.COc1ccc(C(=O)Nc2ccc3c(c2)OC(F)(F)O3)c(C)c1. The van der Waals surface area contributed by atoms with Crippen LogP contribution in [-0.2, 0) is 4.74 Å². The second-order valence-corrected chi connectivity index (χ2v) is 13.8. The van der Waals surface area contributed by atoms with Gasteiger partial charge in [0, 0.05) is 37.5 Å². The van der Waals surface area contributed by atoms with Crippen molar-refractivity contribution in [3.8, 4) is 23.0 Å². The van der Waals surface area contributed by atoms with Crippen LogP contribution in [0.5, 0.6) is 23.0 Å². The third-order valence-electron chi connectivity index (χ3n) is 7.98. The van der Waals surface area contributed by atoms with E-state index >= 15 is 0 Å². The largest absolute Gasteiger partial charge is 0.586 e. The van der Waals surface area contributed by atoms with Crippen molar-refractivity contribution in [3.05, 3.63) is 70.2 Å². The fraction of sp³-hybridized carbons (Fsp3) is 0.462. The molecule has 5 rings (SSSR count). The molecule has 3 aromatic carbocycles. The van der Waals surface area contributed by atoms with Gasteiger partial charge in [0.25, 0.3) is 5.91 Å². The molecule has 1 aromatic heterocycles. The minimum absolute atomic E-state index is 0.0753. The van der Waals surface area contributed by atoms with Gasteiger partial charge in [0.1, 0.15) is 11.5 Å². The molecular formula is C39H50F2N2O7S. The topological polar surface area (TPSA) is 105 Å². The van der Waals surface area contributed by atoms with E-state index in [9.17, 15) is 18.4 Å². The predicted octanol–water partition coefficient (Wildman–Crippen LogP) is 10.3. The van der Waals surface area contributed by atoms with E-state index < -0.39 is 6.29 Å². The monoisotopic (exact) mass is 728 g/mol. The molecule has 12 heteroatoms. The van der Waals surface area contributed by atoms with Crippen molar-refractivity contribution in [2.75, 3.05) is 33.3 Å². The van der Waals surface area contributed by atoms with Crippen LogP contribution >= 0.6 is 11.3 Å². The smallest absolute Gasteiger partial charge is 0.497 e. The Bertz CT molecular complexity index is 1750. The fourth-order valence-electron chi connectivity index (χ4n) is 5.76. The van der Waals surface area contributed by atoms with E-state index in [1.54, 1.807) is 50.7 Å². The van der Waals surface area contributed by atoms with Crippen molar-refractivity contribution in [1.29, 1.82) is 0 Å². The number of carbonyl (C=O) groups is 2. The summed E-state index contributed by atoms with van der Waals surface area (Å²) >= 11 is 1.55. The highest BCUT2D eigenvalue weighted by atomic mass is 32.1. The zero-order chi connectivity index (χ0) is 37.7. The number of methoxy groups -OCH3 is 3. The van der Waals surface area contributed by atoms with Gasteiger partial charge in [0.2, 0.25) is 0 Å². The van der Waals surface area contributed by atoms with Crippen LogP contribution in [0.25, 0.3) is 10.2 Å². The summed E-state index contributed by atoms with van der Waals surface area (Å²) in [5.41, 5.74) is 3.08. The number of carbonyl (C=O) groups excluding carboxylic acids is 2. The fourth-order valence-corrected chi connectivity index (χ4v) is 6.74. The van der Waals surface area contributed by atoms with E-state index in [4.69, 9.17) is 14.2 Å². The Kier molecular flexibility index (Phi) is 15.6. The maximum absolute atomic E-state index is 13.0. The Morgan fingerprint density at radius 3 is 2.27 bits per heavy atom. The van der Waals surface area contributed by atoms with Crippen molar-refractivity contribution in [3.63, 3.8) is 0 Å². The molecule has 2 unspecified atom stereocenters. The molecule has 2 atom stereocenters. The minimum atomic E-state index is -3.68. The predicted molar refractivity (Wildman–Crippen MR) is 198 cm³/mol. The second-order valence-electron chi connectivity index (χ2n) is 12.6. The maximum atomic E-state index is 13.0. The van der Waals surface area contributed by atoms with Crippen LogP contribution in [0.2, 0.25) is 0 Å². The number of ketones is 1. The molecule has 1 aliphatic heterocycles. The number of rotatable bonds is 13. The lowest BCUT2D eigenvalue weighted by Crippen LogP contribution is -2.25. The Hall–Kier alpha value is -4.29. The number of anilines is 1. The van der Waals surface area contributed by atoms with E-state index in [-0.39, 0.29) is 23.2 Å². The quantitative estimate of drug-likeness (QED) is 0.136. The number of aromatic nitrogens is 1. The Morgan fingerprint density at radius 2 is 1.65 bits per heavy atom. The molecule has 0 bridgehead atoms. The zero-order valence-electron chi connectivity index (χ0n) is 31.0. The van der Waals surface area contributed by atoms with Crippen molar-refractivity contribution in [2.24, 2.45) is 11.8 Å².